The third-order valence-electron chi connectivity index (χ3n) is 4.45. The van der Waals surface area contributed by atoms with Crippen LogP contribution in [0.4, 0.5) is 5.69 Å². The fraction of sp³-hybridized carbons (Fsp3) is 0.227. The molecule has 1 amide bonds. The molecule has 0 saturated carbocycles. The number of methoxy groups -OCH3 is 1. The van der Waals surface area contributed by atoms with Crippen molar-refractivity contribution in [2.75, 3.05) is 18.2 Å². The van der Waals surface area contributed by atoms with Crippen molar-refractivity contribution in [3.63, 3.8) is 0 Å². The van der Waals surface area contributed by atoms with Gasteiger partial charge in [0.25, 0.3) is 0 Å². The lowest BCUT2D eigenvalue weighted by atomic mass is 10.1. The number of nitrogens with zero attached hydrogens (tertiary/aromatic N) is 2. The summed E-state index contributed by atoms with van der Waals surface area (Å²) in [5.74, 6) is -0.582. The maximum atomic E-state index is 12.4. The minimum absolute atomic E-state index is 0.0870. The zero-order valence-electron chi connectivity index (χ0n) is 16.6. The van der Waals surface area contributed by atoms with Gasteiger partial charge < -0.3 is 10.1 Å². The number of benzene rings is 2. The first-order valence-corrected chi connectivity index (χ1v) is 10.2. The molecule has 0 bridgehead atoms. The molecule has 0 spiro atoms. The monoisotopic (exact) mass is 409 g/mol. The van der Waals surface area contributed by atoms with Gasteiger partial charge in [-0.1, -0.05) is 48.0 Å². The molecule has 0 radical (unpaired) electrons. The van der Waals surface area contributed by atoms with E-state index in [1.165, 1.54) is 24.4 Å². The van der Waals surface area contributed by atoms with Crippen molar-refractivity contribution in [3.05, 3.63) is 77.6 Å². The first-order valence-electron chi connectivity index (χ1n) is 9.19. The Morgan fingerprint density at radius 2 is 1.83 bits per heavy atom. The molecule has 0 aliphatic rings. The maximum Gasteiger partial charge on any atom is 0.360 e. The predicted octanol–water partition coefficient (Wildman–Crippen LogP) is 4.32. The number of hydrogen-bond donors (Lipinski definition) is 1. The highest BCUT2D eigenvalue weighted by Crippen LogP contribution is 2.23. The van der Waals surface area contributed by atoms with Gasteiger partial charge in [0.1, 0.15) is 0 Å². The van der Waals surface area contributed by atoms with Crippen molar-refractivity contribution < 1.29 is 14.3 Å². The van der Waals surface area contributed by atoms with Crippen LogP contribution in [0.3, 0.4) is 0 Å². The number of amides is 1. The maximum absolute atomic E-state index is 12.4. The number of aryl methyl sites for hydroxylation is 1. The van der Waals surface area contributed by atoms with E-state index in [9.17, 15) is 9.59 Å². The van der Waals surface area contributed by atoms with Crippen LogP contribution in [0.1, 0.15) is 34.6 Å². The van der Waals surface area contributed by atoms with E-state index in [1.807, 2.05) is 68.4 Å². The molecule has 1 atom stereocenters. The first-order chi connectivity index (χ1) is 14.0. The second kappa shape index (κ2) is 9.43. The van der Waals surface area contributed by atoms with Crippen molar-refractivity contribution in [3.8, 4) is 0 Å². The van der Waals surface area contributed by atoms with Crippen molar-refractivity contribution in [2.45, 2.75) is 24.8 Å². The Kier molecular flexibility index (Phi) is 6.72. The number of carbonyl (C=O) groups excluding carboxylic acids is 2. The fourth-order valence-corrected chi connectivity index (χ4v) is 3.48. The molecule has 0 aliphatic heterocycles. The number of aromatic nitrogens is 2. The molecule has 1 aromatic heterocycles. The molecular formula is C22H23N3O3S. The molecule has 1 unspecified atom stereocenters. The molecule has 3 rings (SSSR count). The van der Waals surface area contributed by atoms with Crippen LogP contribution >= 0.6 is 11.8 Å². The summed E-state index contributed by atoms with van der Waals surface area (Å²) >= 11 is 1.43. The van der Waals surface area contributed by atoms with E-state index in [-0.39, 0.29) is 23.4 Å². The molecule has 3 aromatic rings. The van der Waals surface area contributed by atoms with Gasteiger partial charge in [-0.15, -0.1) is 11.8 Å². The number of esters is 1. The average Bonchev–Trinajstić information content (AvgIpc) is 3.16. The molecule has 150 valence electrons. The molecule has 6 nitrogen and oxygen atoms in total. The molecule has 1 N–H and O–H groups in total. The van der Waals surface area contributed by atoms with Gasteiger partial charge in [0.2, 0.25) is 5.91 Å². The largest absolute Gasteiger partial charge is 0.464 e. The van der Waals surface area contributed by atoms with Crippen molar-refractivity contribution >= 4 is 29.3 Å². The zero-order chi connectivity index (χ0) is 20.8. The SMILES string of the molecule is COC(=O)c1nn(C(C)c2ccccc2)cc1NC(=O)CSc1ccc(C)cc1. The molecule has 29 heavy (non-hydrogen) atoms. The Bertz CT molecular complexity index is 984. The number of thioether (sulfide) groups is 1. The molecule has 0 saturated heterocycles. The van der Waals surface area contributed by atoms with Crippen molar-refractivity contribution in [1.82, 2.24) is 9.78 Å². The highest BCUT2D eigenvalue weighted by atomic mass is 32.2. The average molecular weight is 410 g/mol. The van der Waals surface area contributed by atoms with Gasteiger partial charge in [0.05, 0.1) is 30.8 Å². The minimum atomic E-state index is -0.592. The molecule has 0 aliphatic carbocycles. The predicted molar refractivity (Wildman–Crippen MR) is 114 cm³/mol. The van der Waals surface area contributed by atoms with Gasteiger partial charge in [-0.3, -0.25) is 9.48 Å². The minimum Gasteiger partial charge on any atom is -0.464 e. The number of ether oxygens (including phenoxy) is 1. The Morgan fingerprint density at radius 3 is 2.48 bits per heavy atom. The summed E-state index contributed by atoms with van der Waals surface area (Å²) in [5, 5.41) is 7.15. The van der Waals surface area contributed by atoms with Crippen molar-refractivity contribution in [2.24, 2.45) is 0 Å². The summed E-state index contributed by atoms with van der Waals surface area (Å²) in [6, 6.07) is 17.7. The van der Waals surface area contributed by atoms with Gasteiger partial charge in [-0.25, -0.2) is 4.79 Å². The molecule has 1 heterocycles. The molecule has 0 fully saturated rings. The summed E-state index contributed by atoms with van der Waals surface area (Å²) in [4.78, 5) is 25.6. The first kappa shape index (κ1) is 20.7. The zero-order valence-corrected chi connectivity index (χ0v) is 17.4. The summed E-state index contributed by atoms with van der Waals surface area (Å²) in [5.41, 5.74) is 2.64. The molecular weight excluding hydrogens is 386 g/mol. The van der Waals surface area contributed by atoms with E-state index in [2.05, 4.69) is 10.4 Å². The van der Waals surface area contributed by atoms with E-state index in [0.717, 1.165) is 10.5 Å². The summed E-state index contributed by atoms with van der Waals surface area (Å²) in [6.07, 6.45) is 1.67. The van der Waals surface area contributed by atoms with Gasteiger partial charge in [0.15, 0.2) is 5.69 Å². The molecule has 7 heteroatoms. The summed E-state index contributed by atoms with van der Waals surface area (Å²) in [6.45, 7) is 3.99. The van der Waals surface area contributed by atoms with Crippen LogP contribution in [0, 0.1) is 6.92 Å². The Balaban J connectivity index is 1.74. The van der Waals surface area contributed by atoms with Crippen LogP contribution in [0.5, 0.6) is 0 Å². The third-order valence-corrected chi connectivity index (χ3v) is 5.47. The van der Waals surface area contributed by atoms with Crippen LogP contribution < -0.4 is 5.32 Å². The van der Waals surface area contributed by atoms with Gasteiger partial charge in [-0.05, 0) is 31.5 Å². The quantitative estimate of drug-likeness (QED) is 0.465. The smallest absolute Gasteiger partial charge is 0.360 e. The van der Waals surface area contributed by atoms with E-state index in [4.69, 9.17) is 4.74 Å². The number of hydrogen-bond acceptors (Lipinski definition) is 5. The second-order valence-corrected chi connectivity index (χ2v) is 7.65. The van der Waals surface area contributed by atoms with Crippen molar-refractivity contribution in [1.29, 1.82) is 0 Å². The van der Waals surface area contributed by atoms with E-state index >= 15 is 0 Å². The van der Waals surface area contributed by atoms with Crippen LogP contribution in [-0.4, -0.2) is 34.5 Å². The van der Waals surface area contributed by atoms with Crippen LogP contribution in [0.25, 0.3) is 0 Å². The third kappa shape index (κ3) is 5.26. The Labute approximate surface area is 174 Å². The lowest BCUT2D eigenvalue weighted by Crippen LogP contribution is -2.16. The van der Waals surface area contributed by atoms with Crippen LogP contribution in [-0.2, 0) is 9.53 Å². The van der Waals surface area contributed by atoms with E-state index < -0.39 is 5.97 Å². The Morgan fingerprint density at radius 1 is 1.14 bits per heavy atom. The second-order valence-electron chi connectivity index (χ2n) is 6.60. The number of carbonyl (C=O) groups is 2. The highest BCUT2D eigenvalue weighted by Gasteiger charge is 2.21. The topological polar surface area (TPSA) is 73.2 Å². The van der Waals surface area contributed by atoms with Gasteiger partial charge >= 0.3 is 5.97 Å². The number of anilines is 1. The molecule has 2 aromatic carbocycles. The van der Waals surface area contributed by atoms with Gasteiger partial charge in [-0.2, -0.15) is 5.10 Å². The number of rotatable bonds is 7. The van der Waals surface area contributed by atoms with E-state index in [0.29, 0.717) is 5.69 Å². The lowest BCUT2D eigenvalue weighted by Gasteiger charge is -2.12. The fourth-order valence-electron chi connectivity index (χ4n) is 2.78. The summed E-state index contributed by atoms with van der Waals surface area (Å²) < 4.78 is 6.48. The number of nitrogens with one attached hydrogen (secondary N) is 1. The Hall–Kier alpha value is -3.06. The van der Waals surface area contributed by atoms with Crippen LogP contribution in [0.15, 0.2) is 65.7 Å². The normalized spacial score (nSPS) is 11.7. The van der Waals surface area contributed by atoms with Crippen LogP contribution in [0.2, 0.25) is 0 Å². The van der Waals surface area contributed by atoms with E-state index in [1.54, 1.807) is 10.9 Å². The highest BCUT2D eigenvalue weighted by molar-refractivity contribution is 8.00. The lowest BCUT2D eigenvalue weighted by molar-refractivity contribution is -0.113. The standard InChI is InChI=1S/C22H23N3O3S/c1-15-9-11-18(12-10-15)29-14-20(26)23-19-13-25(24-21(19)22(27)28-3)16(2)17-7-5-4-6-8-17/h4-13,16H,14H2,1-3H3,(H,23,26). The van der Waals surface area contributed by atoms with Gasteiger partial charge in [0, 0.05) is 4.90 Å². The summed E-state index contributed by atoms with van der Waals surface area (Å²) in [7, 11) is 1.29.